The molecule has 1 heterocycles. The summed E-state index contributed by atoms with van der Waals surface area (Å²) in [5.74, 6) is 1.35. The van der Waals surface area contributed by atoms with E-state index in [2.05, 4.69) is 32.9 Å². The van der Waals surface area contributed by atoms with Crippen LogP contribution in [0.25, 0.3) is 0 Å². The smallest absolute Gasteiger partial charge is 0.258 e. The molecule has 1 aromatic heterocycles. The number of nitrogens with one attached hydrogen (secondary N) is 3. The van der Waals surface area contributed by atoms with E-state index in [4.69, 9.17) is 4.74 Å². The third-order valence-corrected chi connectivity index (χ3v) is 5.53. The number of thiazole rings is 1. The molecule has 0 unspecified atom stereocenters. The molecule has 164 valence electrons. The number of carbonyl (C=O) groups is 1. The number of halogens is 1. The van der Waals surface area contributed by atoms with E-state index in [1.54, 1.807) is 11.3 Å². The number of carbonyl (C=O) groups excluding carboxylic acids is 1. The van der Waals surface area contributed by atoms with Crippen molar-refractivity contribution in [1.29, 1.82) is 0 Å². The summed E-state index contributed by atoms with van der Waals surface area (Å²) in [4.78, 5) is 22.2. The van der Waals surface area contributed by atoms with Crippen LogP contribution in [-0.2, 0) is 17.9 Å². The zero-order chi connectivity index (χ0) is 20.6. The first-order valence-corrected chi connectivity index (χ1v) is 10.8. The second-order valence-corrected chi connectivity index (χ2v) is 8.36. The van der Waals surface area contributed by atoms with Crippen LogP contribution in [0.4, 0.5) is 0 Å². The van der Waals surface area contributed by atoms with Crippen LogP contribution in [0.1, 0.15) is 40.9 Å². The number of rotatable bonds is 9. The Morgan fingerprint density at radius 3 is 2.77 bits per heavy atom. The first-order chi connectivity index (χ1) is 14.0. The summed E-state index contributed by atoms with van der Waals surface area (Å²) in [6, 6.07) is 8.04. The molecular formula is C21H30IN5O2S. The number of aliphatic imine (C=N–C) groups is 1. The minimum absolute atomic E-state index is 0. The summed E-state index contributed by atoms with van der Waals surface area (Å²) >= 11 is 1.70. The van der Waals surface area contributed by atoms with Gasteiger partial charge in [0.05, 0.1) is 18.8 Å². The second kappa shape index (κ2) is 12.1. The number of nitrogens with zero attached hydrogens (tertiary/aromatic N) is 2. The number of hydrogen-bond acceptors (Lipinski definition) is 5. The molecule has 0 bridgehead atoms. The fourth-order valence-corrected chi connectivity index (χ4v) is 3.54. The Morgan fingerprint density at radius 2 is 2.10 bits per heavy atom. The largest absolute Gasteiger partial charge is 0.484 e. The molecule has 1 amide bonds. The van der Waals surface area contributed by atoms with Crippen LogP contribution in [0.2, 0.25) is 0 Å². The van der Waals surface area contributed by atoms with E-state index in [1.807, 2.05) is 38.1 Å². The maximum Gasteiger partial charge on any atom is 0.258 e. The monoisotopic (exact) mass is 543 g/mol. The Balaban J connectivity index is 0.00000320. The maximum absolute atomic E-state index is 11.8. The van der Waals surface area contributed by atoms with Gasteiger partial charge in [-0.25, -0.2) is 9.98 Å². The number of hydrogen-bond donors (Lipinski definition) is 3. The van der Waals surface area contributed by atoms with Gasteiger partial charge in [0.1, 0.15) is 10.8 Å². The van der Waals surface area contributed by atoms with Crippen LogP contribution in [0.5, 0.6) is 5.75 Å². The molecule has 2 aromatic rings. The van der Waals surface area contributed by atoms with Crippen LogP contribution < -0.4 is 20.7 Å². The molecule has 0 saturated heterocycles. The third kappa shape index (κ3) is 8.10. The van der Waals surface area contributed by atoms with Crippen LogP contribution in [0.15, 0.2) is 29.3 Å². The predicted molar refractivity (Wildman–Crippen MR) is 132 cm³/mol. The molecule has 1 aromatic carbocycles. The van der Waals surface area contributed by atoms with Crippen molar-refractivity contribution < 1.29 is 9.53 Å². The molecule has 30 heavy (non-hydrogen) atoms. The highest BCUT2D eigenvalue weighted by molar-refractivity contribution is 14.0. The molecular weight excluding hydrogens is 513 g/mol. The summed E-state index contributed by atoms with van der Waals surface area (Å²) in [5, 5.41) is 10.5. The van der Waals surface area contributed by atoms with Crippen molar-refractivity contribution >= 4 is 47.2 Å². The second-order valence-electron chi connectivity index (χ2n) is 7.08. The summed E-state index contributed by atoms with van der Waals surface area (Å²) in [6.45, 7) is 8.12. The molecule has 1 saturated carbocycles. The Hall–Kier alpha value is -1.88. The van der Waals surface area contributed by atoms with E-state index in [1.165, 1.54) is 4.88 Å². The third-order valence-electron chi connectivity index (χ3n) is 4.45. The molecule has 7 nitrogen and oxygen atoms in total. The first-order valence-electron chi connectivity index (χ1n) is 9.99. The molecule has 0 spiro atoms. The van der Waals surface area contributed by atoms with Gasteiger partial charge in [-0.2, -0.15) is 0 Å². The lowest BCUT2D eigenvalue weighted by Gasteiger charge is -2.11. The minimum Gasteiger partial charge on any atom is -0.484 e. The van der Waals surface area contributed by atoms with Crippen LogP contribution in [-0.4, -0.2) is 36.0 Å². The van der Waals surface area contributed by atoms with Gasteiger partial charge in [-0.3, -0.25) is 4.79 Å². The Morgan fingerprint density at radius 1 is 1.30 bits per heavy atom. The fraction of sp³-hybridized carbons (Fsp3) is 0.476. The van der Waals surface area contributed by atoms with Gasteiger partial charge in [-0.05, 0) is 51.3 Å². The van der Waals surface area contributed by atoms with Crippen LogP contribution in [0, 0.1) is 13.8 Å². The van der Waals surface area contributed by atoms with Crippen LogP contribution >= 0.6 is 35.3 Å². The standard InChI is InChI=1S/C21H29N5O2S.HI/c1-4-22-21(24-12-20-25-14(2)15(3)29-20)23-11-16-6-5-7-18(10-16)28-13-19(27)26-17-8-9-17;/h5-7,10,17H,4,8-9,11-13H2,1-3H3,(H,26,27)(H2,22,23,24);1H. The van der Waals surface area contributed by atoms with E-state index < -0.39 is 0 Å². The lowest BCUT2D eigenvalue weighted by molar-refractivity contribution is -0.123. The topological polar surface area (TPSA) is 87.6 Å². The Bertz CT molecular complexity index is 847. The molecule has 1 fully saturated rings. The lowest BCUT2D eigenvalue weighted by Crippen LogP contribution is -2.36. The molecule has 0 aliphatic heterocycles. The SMILES string of the molecule is CCNC(=NCc1cccc(OCC(=O)NC2CC2)c1)NCc1nc(C)c(C)s1.I. The quantitative estimate of drug-likeness (QED) is 0.257. The summed E-state index contributed by atoms with van der Waals surface area (Å²) < 4.78 is 5.61. The number of benzene rings is 1. The summed E-state index contributed by atoms with van der Waals surface area (Å²) in [7, 11) is 0. The maximum atomic E-state index is 11.8. The summed E-state index contributed by atoms with van der Waals surface area (Å²) in [6.07, 6.45) is 2.15. The van der Waals surface area contributed by atoms with E-state index in [0.717, 1.165) is 41.6 Å². The van der Waals surface area contributed by atoms with Crippen molar-refractivity contribution in [2.45, 2.75) is 52.7 Å². The van der Waals surface area contributed by atoms with Gasteiger partial charge in [0, 0.05) is 17.5 Å². The first kappa shape index (κ1) is 24.4. The van der Waals surface area contributed by atoms with Crippen molar-refractivity contribution in [3.63, 3.8) is 0 Å². The van der Waals surface area contributed by atoms with Crippen molar-refractivity contribution in [1.82, 2.24) is 20.9 Å². The van der Waals surface area contributed by atoms with Gasteiger partial charge in [-0.1, -0.05) is 12.1 Å². The number of ether oxygens (including phenoxy) is 1. The zero-order valence-electron chi connectivity index (χ0n) is 17.7. The van der Waals surface area contributed by atoms with E-state index >= 15 is 0 Å². The molecule has 3 N–H and O–H groups in total. The Kier molecular flexibility index (Phi) is 9.83. The molecule has 1 aliphatic carbocycles. The van der Waals surface area contributed by atoms with Crippen molar-refractivity contribution in [2.75, 3.05) is 13.2 Å². The van der Waals surface area contributed by atoms with Gasteiger partial charge in [-0.15, -0.1) is 35.3 Å². The number of amides is 1. The number of guanidine groups is 1. The van der Waals surface area contributed by atoms with Gasteiger partial charge in [0.2, 0.25) is 0 Å². The van der Waals surface area contributed by atoms with Gasteiger partial charge in [0.25, 0.3) is 5.91 Å². The molecule has 9 heteroatoms. The molecule has 0 radical (unpaired) electrons. The highest BCUT2D eigenvalue weighted by Gasteiger charge is 2.23. The Labute approximate surface area is 199 Å². The summed E-state index contributed by atoms with van der Waals surface area (Å²) in [5.41, 5.74) is 2.10. The van der Waals surface area contributed by atoms with Gasteiger partial charge < -0.3 is 20.7 Å². The average Bonchev–Trinajstić information content (AvgIpc) is 3.46. The lowest BCUT2D eigenvalue weighted by atomic mass is 10.2. The van der Waals surface area contributed by atoms with E-state index in [0.29, 0.717) is 24.9 Å². The zero-order valence-corrected chi connectivity index (χ0v) is 20.8. The number of aromatic nitrogens is 1. The van der Waals surface area contributed by atoms with Crippen molar-refractivity contribution in [2.24, 2.45) is 4.99 Å². The van der Waals surface area contributed by atoms with Crippen molar-refractivity contribution in [3.05, 3.63) is 45.4 Å². The molecule has 3 rings (SSSR count). The van der Waals surface area contributed by atoms with Gasteiger partial charge >= 0.3 is 0 Å². The van der Waals surface area contributed by atoms with Gasteiger partial charge in [0.15, 0.2) is 12.6 Å². The predicted octanol–water partition coefficient (Wildman–Crippen LogP) is 3.29. The molecule has 1 aliphatic rings. The highest BCUT2D eigenvalue weighted by atomic mass is 127. The highest BCUT2D eigenvalue weighted by Crippen LogP contribution is 2.19. The van der Waals surface area contributed by atoms with E-state index in [-0.39, 0.29) is 36.5 Å². The number of aryl methyl sites for hydroxylation is 2. The normalized spacial score (nSPS) is 13.4. The minimum atomic E-state index is -0.0674. The average molecular weight is 543 g/mol. The fourth-order valence-electron chi connectivity index (χ4n) is 2.67. The van der Waals surface area contributed by atoms with E-state index in [9.17, 15) is 4.79 Å². The van der Waals surface area contributed by atoms with Crippen molar-refractivity contribution in [3.8, 4) is 5.75 Å². The molecule has 0 atom stereocenters. The van der Waals surface area contributed by atoms with Crippen LogP contribution in [0.3, 0.4) is 0 Å².